The molecule has 2 aromatic rings. The minimum atomic E-state index is 0.0616. The number of hydrogen-bond donors (Lipinski definition) is 1. The van der Waals surface area contributed by atoms with E-state index in [9.17, 15) is 0 Å². The second kappa shape index (κ2) is 4.66. The molecule has 0 unspecified atom stereocenters. The monoisotopic (exact) mass is 228 g/mol. The summed E-state index contributed by atoms with van der Waals surface area (Å²) in [5, 5.41) is 15.5. The van der Waals surface area contributed by atoms with Crippen LogP contribution in [0.3, 0.4) is 0 Å². The number of nitriles is 1. The van der Waals surface area contributed by atoms with Gasteiger partial charge in [0, 0.05) is 5.56 Å². The molecule has 0 bridgehead atoms. The highest BCUT2D eigenvalue weighted by atomic mass is 16.5. The first-order chi connectivity index (χ1) is 8.19. The van der Waals surface area contributed by atoms with Crippen molar-refractivity contribution in [3.05, 3.63) is 30.1 Å². The zero-order chi connectivity index (χ0) is 12.3. The van der Waals surface area contributed by atoms with Crippen molar-refractivity contribution in [3.63, 3.8) is 0 Å². The van der Waals surface area contributed by atoms with Crippen LogP contribution in [0.1, 0.15) is 19.4 Å². The number of H-pyrrole nitrogens is 1. The van der Waals surface area contributed by atoms with Gasteiger partial charge in [-0.25, -0.2) is 4.98 Å². The number of benzene rings is 1. The Kier molecular flexibility index (Phi) is 3.06. The molecule has 0 aliphatic rings. The molecule has 0 amide bonds. The van der Waals surface area contributed by atoms with E-state index >= 15 is 0 Å². The van der Waals surface area contributed by atoms with Gasteiger partial charge in [-0.05, 0) is 32.0 Å². The lowest BCUT2D eigenvalue weighted by molar-refractivity contribution is 0.242. The van der Waals surface area contributed by atoms with Crippen LogP contribution in [0.2, 0.25) is 0 Å². The summed E-state index contributed by atoms with van der Waals surface area (Å²) in [5.74, 6) is 1.28. The summed E-state index contributed by atoms with van der Waals surface area (Å²) in [6, 6.07) is 7.39. The van der Waals surface area contributed by atoms with E-state index < -0.39 is 0 Å². The number of aromatic nitrogens is 3. The largest absolute Gasteiger partial charge is 0.491 e. The van der Waals surface area contributed by atoms with Crippen LogP contribution in [0.25, 0.3) is 11.4 Å². The molecule has 1 N–H and O–H groups in total. The molecule has 0 spiro atoms. The molecule has 0 fully saturated rings. The Hall–Kier alpha value is -2.35. The smallest absolute Gasteiger partial charge is 0.155 e. The summed E-state index contributed by atoms with van der Waals surface area (Å²) >= 11 is 0. The molecule has 86 valence electrons. The van der Waals surface area contributed by atoms with Crippen LogP contribution >= 0.6 is 0 Å². The Morgan fingerprint density at radius 2 is 2.18 bits per heavy atom. The quantitative estimate of drug-likeness (QED) is 0.873. The zero-order valence-corrected chi connectivity index (χ0v) is 9.64. The van der Waals surface area contributed by atoms with Gasteiger partial charge in [0.25, 0.3) is 0 Å². The summed E-state index contributed by atoms with van der Waals surface area (Å²) in [7, 11) is 0. The molecule has 5 nitrogen and oxygen atoms in total. The second-order valence-electron chi connectivity index (χ2n) is 3.86. The van der Waals surface area contributed by atoms with E-state index in [2.05, 4.69) is 21.3 Å². The van der Waals surface area contributed by atoms with Crippen LogP contribution in [0.4, 0.5) is 0 Å². The van der Waals surface area contributed by atoms with Gasteiger partial charge in [-0.2, -0.15) is 10.4 Å². The van der Waals surface area contributed by atoms with E-state index in [1.807, 2.05) is 19.9 Å². The molecule has 1 aromatic carbocycles. The van der Waals surface area contributed by atoms with Crippen LogP contribution < -0.4 is 4.74 Å². The van der Waals surface area contributed by atoms with Crippen LogP contribution in [0.5, 0.6) is 5.75 Å². The Bertz CT molecular complexity index is 540. The molecule has 1 heterocycles. The van der Waals surface area contributed by atoms with E-state index in [1.165, 1.54) is 6.33 Å². The topological polar surface area (TPSA) is 74.6 Å². The number of ether oxygens (including phenoxy) is 1. The molecule has 0 radical (unpaired) electrons. The number of aromatic amines is 1. The maximum absolute atomic E-state index is 8.97. The van der Waals surface area contributed by atoms with Crippen molar-refractivity contribution in [2.24, 2.45) is 0 Å². The van der Waals surface area contributed by atoms with E-state index in [4.69, 9.17) is 10.00 Å². The van der Waals surface area contributed by atoms with Crippen molar-refractivity contribution in [2.75, 3.05) is 0 Å². The molecule has 0 aliphatic carbocycles. The zero-order valence-electron chi connectivity index (χ0n) is 9.64. The van der Waals surface area contributed by atoms with Crippen molar-refractivity contribution in [1.29, 1.82) is 5.26 Å². The van der Waals surface area contributed by atoms with Crippen molar-refractivity contribution in [1.82, 2.24) is 15.2 Å². The SMILES string of the molecule is CC(C)Oc1cc(C#N)cc(-c2ncn[nH]2)c1. The molecule has 17 heavy (non-hydrogen) atoms. The fraction of sp³-hybridized carbons (Fsp3) is 0.250. The van der Waals surface area contributed by atoms with E-state index in [0.29, 0.717) is 17.1 Å². The van der Waals surface area contributed by atoms with Crippen LogP contribution in [-0.2, 0) is 0 Å². The van der Waals surface area contributed by atoms with E-state index in [0.717, 1.165) is 5.56 Å². The highest BCUT2D eigenvalue weighted by molar-refractivity contribution is 5.60. The molecule has 0 aliphatic heterocycles. The third-order valence-corrected chi connectivity index (χ3v) is 2.10. The van der Waals surface area contributed by atoms with Gasteiger partial charge >= 0.3 is 0 Å². The Labute approximate surface area is 99.1 Å². The first-order valence-corrected chi connectivity index (χ1v) is 5.26. The van der Waals surface area contributed by atoms with Crippen LogP contribution in [0.15, 0.2) is 24.5 Å². The summed E-state index contributed by atoms with van der Waals surface area (Å²) in [6.07, 6.45) is 1.49. The third-order valence-electron chi connectivity index (χ3n) is 2.10. The summed E-state index contributed by atoms with van der Waals surface area (Å²) < 4.78 is 5.58. The first-order valence-electron chi connectivity index (χ1n) is 5.26. The summed E-state index contributed by atoms with van der Waals surface area (Å²) in [4.78, 5) is 4.05. The van der Waals surface area contributed by atoms with E-state index in [1.54, 1.807) is 12.1 Å². The highest BCUT2D eigenvalue weighted by Gasteiger charge is 2.07. The lowest BCUT2D eigenvalue weighted by Crippen LogP contribution is -2.05. The molecule has 5 heteroatoms. The van der Waals surface area contributed by atoms with Gasteiger partial charge in [0.1, 0.15) is 12.1 Å². The molecule has 2 rings (SSSR count). The lowest BCUT2D eigenvalue weighted by Gasteiger charge is -2.10. The fourth-order valence-corrected chi connectivity index (χ4v) is 1.49. The molecular formula is C12H12N4O. The van der Waals surface area contributed by atoms with Gasteiger partial charge in [0.2, 0.25) is 0 Å². The van der Waals surface area contributed by atoms with Gasteiger partial charge in [-0.3, -0.25) is 5.10 Å². The fourth-order valence-electron chi connectivity index (χ4n) is 1.49. The molecule has 1 aromatic heterocycles. The standard InChI is InChI=1S/C12H12N4O/c1-8(2)17-11-4-9(6-13)3-10(5-11)12-14-7-15-16-12/h3-5,7-8H,1-2H3,(H,14,15,16). The number of nitrogens with zero attached hydrogens (tertiary/aromatic N) is 3. The Balaban J connectivity index is 2.43. The second-order valence-corrected chi connectivity index (χ2v) is 3.86. The van der Waals surface area contributed by atoms with Crippen molar-refractivity contribution in [2.45, 2.75) is 20.0 Å². The first kappa shape index (κ1) is 11.1. The normalized spacial score (nSPS) is 10.2. The average molecular weight is 228 g/mol. The van der Waals surface area contributed by atoms with E-state index in [-0.39, 0.29) is 6.10 Å². The average Bonchev–Trinajstić information content (AvgIpc) is 2.81. The predicted octanol–water partition coefficient (Wildman–Crippen LogP) is 2.13. The van der Waals surface area contributed by atoms with Gasteiger partial charge in [-0.1, -0.05) is 0 Å². The maximum Gasteiger partial charge on any atom is 0.155 e. The highest BCUT2D eigenvalue weighted by Crippen LogP contribution is 2.23. The Morgan fingerprint density at radius 1 is 1.35 bits per heavy atom. The van der Waals surface area contributed by atoms with Gasteiger partial charge in [-0.15, -0.1) is 0 Å². The summed E-state index contributed by atoms with van der Waals surface area (Å²) in [5.41, 5.74) is 1.33. The van der Waals surface area contributed by atoms with Crippen molar-refractivity contribution in [3.8, 4) is 23.2 Å². The summed E-state index contributed by atoms with van der Waals surface area (Å²) in [6.45, 7) is 3.88. The maximum atomic E-state index is 8.97. The van der Waals surface area contributed by atoms with Crippen molar-refractivity contribution >= 4 is 0 Å². The van der Waals surface area contributed by atoms with Crippen molar-refractivity contribution < 1.29 is 4.74 Å². The van der Waals surface area contributed by atoms with Gasteiger partial charge < -0.3 is 4.74 Å². The molecule has 0 saturated carbocycles. The minimum absolute atomic E-state index is 0.0616. The van der Waals surface area contributed by atoms with Crippen LogP contribution in [-0.4, -0.2) is 21.3 Å². The van der Waals surface area contributed by atoms with Crippen LogP contribution in [0, 0.1) is 11.3 Å². The number of hydrogen-bond acceptors (Lipinski definition) is 4. The predicted molar refractivity (Wildman–Crippen MR) is 62.3 cm³/mol. The number of nitrogens with one attached hydrogen (secondary N) is 1. The molecule has 0 atom stereocenters. The third kappa shape index (κ3) is 2.61. The molecular weight excluding hydrogens is 216 g/mol. The molecule has 0 saturated heterocycles. The minimum Gasteiger partial charge on any atom is -0.491 e. The van der Waals surface area contributed by atoms with Gasteiger partial charge in [0.05, 0.1) is 17.7 Å². The number of rotatable bonds is 3. The Morgan fingerprint density at radius 3 is 2.76 bits per heavy atom. The van der Waals surface area contributed by atoms with Gasteiger partial charge in [0.15, 0.2) is 5.82 Å². The lowest BCUT2D eigenvalue weighted by atomic mass is 10.1.